The van der Waals surface area contributed by atoms with Crippen LogP contribution in [0.5, 0.6) is 0 Å². The lowest BCUT2D eigenvalue weighted by molar-refractivity contribution is -0.119. The molecular weight excluding hydrogens is 332 g/mol. The lowest BCUT2D eigenvalue weighted by atomic mass is 10.00. The number of nitrogens with two attached hydrogens (primary N) is 1. The Hall–Kier alpha value is -3.15. The third-order valence-corrected chi connectivity index (χ3v) is 4.21. The van der Waals surface area contributed by atoms with Gasteiger partial charge in [0.2, 0.25) is 5.91 Å². The van der Waals surface area contributed by atoms with Gasteiger partial charge < -0.3 is 15.8 Å². The molecule has 0 saturated heterocycles. The molecule has 2 aromatic rings. The number of benzene rings is 2. The van der Waals surface area contributed by atoms with Crippen molar-refractivity contribution in [3.8, 4) is 0 Å². The van der Waals surface area contributed by atoms with Crippen LogP contribution < -0.4 is 11.1 Å². The number of hydrogen-bond acceptors (Lipinski definition) is 4. The maximum Gasteiger partial charge on any atom is 0.337 e. The van der Waals surface area contributed by atoms with E-state index in [1.807, 2.05) is 32.0 Å². The number of esters is 1. The quantitative estimate of drug-likeness (QED) is 0.774. The van der Waals surface area contributed by atoms with E-state index in [2.05, 4.69) is 10.1 Å². The van der Waals surface area contributed by atoms with Gasteiger partial charge in [-0.2, -0.15) is 0 Å². The van der Waals surface area contributed by atoms with Crippen LogP contribution in [0.1, 0.15) is 37.4 Å². The number of aryl methyl sites for hydroxylation is 2. The topological polar surface area (TPSA) is 98.5 Å². The lowest BCUT2D eigenvalue weighted by Crippen LogP contribution is -2.45. The van der Waals surface area contributed by atoms with Crippen molar-refractivity contribution in [3.05, 3.63) is 70.3 Å². The summed E-state index contributed by atoms with van der Waals surface area (Å²) < 4.78 is 4.65. The third-order valence-electron chi connectivity index (χ3n) is 4.21. The SMILES string of the molecule is COC(=O)c1cccc(C(=O)N[C@H](Cc2ccc(C)c(C)c2)C(N)=O)c1. The van der Waals surface area contributed by atoms with Gasteiger partial charge in [-0.25, -0.2) is 4.79 Å². The van der Waals surface area contributed by atoms with Gasteiger partial charge in [0.1, 0.15) is 6.04 Å². The molecule has 2 rings (SSSR count). The van der Waals surface area contributed by atoms with Gasteiger partial charge in [0, 0.05) is 12.0 Å². The lowest BCUT2D eigenvalue weighted by Gasteiger charge is -2.16. The monoisotopic (exact) mass is 354 g/mol. The summed E-state index contributed by atoms with van der Waals surface area (Å²) in [7, 11) is 1.27. The maximum absolute atomic E-state index is 12.5. The summed E-state index contributed by atoms with van der Waals surface area (Å²) >= 11 is 0. The molecule has 0 heterocycles. The van der Waals surface area contributed by atoms with Crippen LogP contribution in [0.2, 0.25) is 0 Å². The van der Waals surface area contributed by atoms with E-state index in [-0.39, 0.29) is 11.1 Å². The number of carbonyl (C=O) groups is 3. The van der Waals surface area contributed by atoms with Crippen molar-refractivity contribution in [2.24, 2.45) is 5.73 Å². The predicted molar refractivity (Wildman–Crippen MR) is 97.9 cm³/mol. The van der Waals surface area contributed by atoms with Gasteiger partial charge in [-0.15, -0.1) is 0 Å². The average Bonchev–Trinajstić information content (AvgIpc) is 2.63. The fraction of sp³-hybridized carbons (Fsp3) is 0.250. The van der Waals surface area contributed by atoms with Gasteiger partial charge in [0.25, 0.3) is 5.91 Å². The molecule has 0 aliphatic carbocycles. The number of hydrogen-bond donors (Lipinski definition) is 2. The number of nitrogens with one attached hydrogen (secondary N) is 1. The Labute approximate surface area is 152 Å². The van der Waals surface area contributed by atoms with Crippen LogP contribution in [0.15, 0.2) is 42.5 Å². The normalized spacial score (nSPS) is 11.5. The van der Waals surface area contributed by atoms with Crippen molar-refractivity contribution >= 4 is 17.8 Å². The van der Waals surface area contributed by atoms with E-state index in [0.29, 0.717) is 6.42 Å². The Morgan fingerprint density at radius 2 is 1.73 bits per heavy atom. The highest BCUT2D eigenvalue weighted by atomic mass is 16.5. The molecule has 0 aromatic heterocycles. The fourth-order valence-corrected chi connectivity index (χ4v) is 2.54. The zero-order valence-electron chi connectivity index (χ0n) is 15.0. The van der Waals surface area contributed by atoms with E-state index in [4.69, 9.17) is 5.73 Å². The average molecular weight is 354 g/mol. The summed E-state index contributed by atoms with van der Waals surface area (Å²) in [6.07, 6.45) is 0.291. The van der Waals surface area contributed by atoms with E-state index in [9.17, 15) is 14.4 Å². The van der Waals surface area contributed by atoms with Crippen LogP contribution in [-0.2, 0) is 16.0 Å². The van der Waals surface area contributed by atoms with Gasteiger partial charge >= 0.3 is 5.97 Å². The second-order valence-corrected chi connectivity index (χ2v) is 6.12. The number of rotatable bonds is 6. The summed E-state index contributed by atoms with van der Waals surface area (Å²) in [5.74, 6) is -1.65. The number of methoxy groups -OCH3 is 1. The Balaban J connectivity index is 2.16. The Morgan fingerprint density at radius 3 is 2.35 bits per heavy atom. The Bertz CT molecular complexity index is 845. The first-order valence-corrected chi connectivity index (χ1v) is 8.16. The van der Waals surface area contributed by atoms with E-state index in [1.165, 1.54) is 13.2 Å². The van der Waals surface area contributed by atoms with Gasteiger partial charge in [0.15, 0.2) is 0 Å². The van der Waals surface area contributed by atoms with Crippen molar-refractivity contribution in [1.29, 1.82) is 0 Å². The smallest absolute Gasteiger partial charge is 0.337 e. The molecule has 26 heavy (non-hydrogen) atoms. The molecular formula is C20H22N2O4. The summed E-state index contributed by atoms with van der Waals surface area (Å²) in [5, 5.41) is 2.63. The van der Waals surface area contributed by atoms with Crippen molar-refractivity contribution in [1.82, 2.24) is 5.32 Å². The first kappa shape index (κ1) is 19.2. The highest BCUT2D eigenvalue weighted by Gasteiger charge is 2.20. The second-order valence-electron chi connectivity index (χ2n) is 6.12. The molecule has 0 fully saturated rings. The minimum Gasteiger partial charge on any atom is -0.465 e. The highest BCUT2D eigenvalue weighted by Crippen LogP contribution is 2.12. The Morgan fingerprint density at radius 1 is 1.04 bits per heavy atom. The van der Waals surface area contributed by atoms with Crippen LogP contribution in [0, 0.1) is 13.8 Å². The molecule has 1 atom stereocenters. The van der Waals surface area contributed by atoms with Crippen LogP contribution >= 0.6 is 0 Å². The number of amides is 2. The first-order valence-electron chi connectivity index (χ1n) is 8.16. The molecule has 6 heteroatoms. The molecule has 136 valence electrons. The van der Waals surface area contributed by atoms with Crippen molar-refractivity contribution < 1.29 is 19.1 Å². The van der Waals surface area contributed by atoms with E-state index in [1.54, 1.807) is 18.2 Å². The summed E-state index contributed by atoms with van der Waals surface area (Å²) in [4.78, 5) is 35.8. The standard InChI is InChI=1S/C20H22N2O4/c1-12-7-8-14(9-13(12)2)10-17(18(21)23)22-19(24)15-5-4-6-16(11-15)20(25)26-3/h4-9,11,17H,10H2,1-3H3,(H2,21,23)(H,22,24)/t17-/m1/s1. The molecule has 0 unspecified atom stereocenters. The highest BCUT2D eigenvalue weighted by molar-refractivity contribution is 5.99. The van der Waals surface area contributed by atoms with Crippen molar-refractivity contribution in [2.45, 2.75) is 26.3 Å². The first-order chi connectivity index (χ1) is 12.3. The maximum atomic E-state index is 12.5. The van der Waals surface area contributed by atoms with Gasteiger partial charge in [-0.05, 0) is 48.7 Å². The fourth-order valence-electron chi connectivity index (χ4n) is 2.54. The Kier molecular flexibility index (Phi) is 6.11. The molecule has 0 radical (unpaired) electrons. The molecule has 6 nitrogen and oxygen atoms in total. The zero-order chi connectivity index (χ0) is 19.3. The molecule has 0 spiro atoms. The molecule has 2 amide bonds. The van der Waals surface area contributed by atoms with Crippen LogP contribution in [0.4, 0.5) is 0 Å². The van der Waals surface area contributed by atoms with Crippen molar-refractivity contribution in [3.63, 3.8) is 0 Å². The minimum absolute atomic E-state index is 0.249. The molecule has 0 aliphatic rings. The van der Waals surface area contributed by atoms with Gasteiger partial charge in [-0.3, -0.25) is 9.59 Å². The van der Waals surface area contributed by atoms with Crippen LogP contribution in [0.25, 0.3) is 0 Å². The summed E-state index contributed by atoms with van der Waals surface area (Å²) in [5.41, 5.74) is 9.10. The van der Waals surface area contributed by atoms with Crippen LogP contribution in [-0.4, -0.2) is 30.9 Å². The minimum atomic E-state index is -0.855. The number of carbonyl (C=O) groups excluding carboxylic acids is 3. The van der Waals surface area contributed by atoms with Gasteiger partial charge in [-0.1, -0.05) is 24.3 Å². The second kappa shape index (κ2) is 8.29. The van der Waals surface area contributed by atoms with E-state index < -0.39 is 23.8 Å². The molecule has 3 N–H and O–H groups in total. The zero-order valence-corrected chi connectivity index (χ0v) is 15.0. The van der Waals surface area contributed by atoms with Crippen molar-refractivity contribution in [2.75, 3.05) is 7.11 Å². The molecule has 2 aromatic carbocycles. The molecule has 0 saturated carbocycles. The van der Waals surface area contributed by atoms with Crippen LogP contribution in [0.3, 0.4) is 0 Å². The number of primary amides is 1. The largest absolute Gasteiger partial charge is 0.465 e. The third kappa shape index (κ3) is 4.69. The van der Waals surface area contributed by atoms with Gasteiger partial charge in [0.05, 0.1) is 12.7 Å². The predicted octanol–water partition coefficient (Wildman–Crippen LogP) is 1.92. The summed E-state index contributed by atoms with van der Waals surface area (Å²) in [6, 6.07) is 11.1. The molecule has 0 bridgehead atoms. The number of ether oxygens (including phenoxy) is 1. The summed E-state index contributed by atoms with van der Waals surface area (Å²) in [6.45, 7) is 3.98. The van der Waals surface area contributed by atoms with E-state index >= 15 is 0 Å². The molecule has 0 aliphatic heterocycles. The van der Waals surface area contributed by atoms with E-state index in [0.717, 1.165) is 16.7 Å².